The van der Waals surface area contributed by atoms with Crippen molar-refractivity contribution in [2.45, 2.75) is 19.4 Å². The number of aromatic nitrogens is 2. The number of hydrogen-bond donors (Lipinski definition) is 1. The third kappa shape index (κ3) is 2.50. The quantitative estimate of drug-likeness (QED) is 0.861. The zero-order chi connectivity index (χ0) is 12.3. The predicted molar refractivity (Wildman–Crippen MR) is 62.9 cm³/mol. The Morgan fingerprint density at radius 1 is 1.35 bits per heavy atom. The highest BCUT2D eigenvalue weighted by atomic mass is 16.4. The minimum absolute atomic E-state index is 0.0548. The van der Waals surface area contributed by atoms with E-state index in [1.54, 1.807) is 18.2 Å². The molecular weight excluding hydrogens is 220 g/mol. The van der Waals surface area contributed by atoms with E-state index in [0.717, 1.165) is 0 Å². The maximum absolute atomic E-state index is 12.0. The van der Waals surface area contributed by atoms with E-state index in [1.165, 1.54) is 10.9 Å². The van der Waals surface area contributed by atoms with Crippen LogP contribution in [0.3, 0.4) is 0 Å². The van der Waals surface area contributed by atoms with Crippen LogP contribution < -0.4 is 5.56 Å². The van der Waals surface area contributed by atoms with Crippen LogP contribution in [-0.2, 0) is 11.3 Å². The zero-order valence-corrected chi connectivity index (χ0v) is 9.17. The van der Waals surface area contributed by atoms with Crippen LogP contribution in [0.4, 0.5) is 0 Å². The van der Waals surface area contributed by atoms with E-state index in [2.05, 4.69) is 4.98 Å². The molecular formula is C12H12N2O3. The van der Waals surface area contributed by atoms with E-state index >= 15 is 0 Å². The molecule has 0 atom stereocenters. The lowest BCUT2D eigenvalue weighted by Crippen LogP contribution is -2.20. The van der Waals surface area contributed by atoms with Gasteiger partial charge in [0, 0.05) is 13.0 Å². The average molecular weight is 232 g/mol. The molecule has 0 fully saturated rings. The van der Waals surface area contributed by atoms with Gasteiger partial charge in [0.25, 0.3) is 5.56 Å². The van der Waals surface area contributed by atoms with Crippen LogP contribution in [0.5, 0.6) is 0 Å². The molecule has 2 rings (SSSR count). The van der Waals surface area contributed by atoms with Gasteiger partial charge in [0.05, 0.1) is 17.2 Å². The van der Waals surface area contributed by atoms with Crippen molar-refractivity contribution in [2.75, 3.05) is 0 Å². The molecule has 17 heavy (non-hydrogen) atoms. The Balaban J connectivity index is 2.27. The van der Waals surface area contributed by atoms with Crippen molar-refractivity contribution in [3.63, 3.8) is 0 Å². The number of nitrogens with zero attached hydrogens (tertiary/aromatic N) is 2. The summed E-state index contributed by atoms with van der Waals surface area (Å²) in [6.07, 6.45) is 1.95. The maximum Gasteiger partial charge on any atom is 0.303 e. The number of carbonyl (C=O) groups is 1. The van der Waals surface area contributed by atoms with Gasteiger partial charge in [-0.2, -0.15) is 0 Å². The van der Waals surface area contributed by atoms with Crippen LogP contribution >= 0.6 is 0 Å². The fourth-order valence-corrected chi connectivity index (χ4v) is 1.67. The van der Waals surface area contributed by atoms with Crippen molar-refractivity contribution < 1.29 is 9.90 Å². The third-order valence-electron chi connectivity index (χ3n) is 2.52. The molecule has 1 heterocycles. The summed E-state index contributed by atoms with van der Waals surface area (Å²) < 4.78 is 1.45. The summed E-state index contributed by atoms with van der Waals surface area (Å²) in [5.74, 6) is -0.855. The first-order chi connectivity index (χ1) is 8.18. The number of benzene rings is 1. The smallest absolute Gasteiger partial charge is 0.303 e. The molecule has 0 aliphatic heterocycles. The number of para-hydroxylation sites is 1. The first-order valence-electron chi connectivity index (χ1n) is 5.34. The summed E-state index contributed by atoms with van der Waals surface area (Å²) in [5, 5.41) is 9.09. The van der Waals surface area contributed by atoms with E-state index in [4.69, 9.17) is 5.11 Å². The van der Waals surface area contributed by atoms with Crippen LogP contribution in [0.25, 0.3) is 10.9 Å². The van der Waals surface area contributed by atoms with Gasteiger partial charge in [-0.05, 0) is 18.6 Å². The number of aliphatic carboxylic acids is 1. The Bertz CT molecular complexity index is 604. The lowest BCUT2D eigenvalue weighted by atomic mass is 10.2. The molecule has 0 radical (unpaired) electrons. The molecule has 0 bridgehead atoms. The molecule has 0 saturated heterocycles. The second kappa shape index (κ2) is 4.78. The van der Waals surface area contributed by atoms with Crippen molar-refractivity contribution in [1.82, 2.24) is 9.55 Å². The Labute approximate surface area is 97.3 Å². The summed E-state index contributed by atoms with van der Waals surface area (Å²) in [6.45, 7) is 0.378. The average Bonchev–Trinajstić information content (AvgIpc) is 2.32. The molecule has 0 amide bonds. The molecule has 0 spiro atoms. The molecule has 0 aliphatic rings. The number of aryl methyl sites for hydroxylation is 1. The Kier molecular flexibility index (Phi) is 3.18. The molecule has 1 aromatic heterocycles. The lowest BCUT2D eigenvalue weighted by Gasteiger charge is -2.05. The summed E-state index contributed by atoms with van der Waals surface area (Å²) >= 11 is 0. The van der Waals surface area contributed by atoms with Gasteiger partial charge >= 0.3 is 5.97 Å². The normalized spacial score (nSPS) is 10.6. The van der Waals surface area contributed by atoms with Crippen LogP contribution in [0.2, 0.25) is 0 Å². The second-order valence-electron chi connectivity index (χ2n) is 3.76. The van der Waals surface area contributed by atoms with Crippen LogP contribution in [0.15, 0.2) is 35.4 Å². The van der Waals surface area contributed by atoms with Crippen LogP contribution in [0.1, 0.15) is 12.8 Å². The van der Waals surface area contributed by atoms with Gasteiger partial charge in [0.1, 0.15) is 0 Å². The molecule has 88 valence electrons. The Hall–Kier alpha value is -2.17. The van der Waals surface area contributed by atoms with E-state index < -0.39 is 5.97 Å². The predicted octanol–water partition coefficient (Wildman–Crippen LogP) is 1.26. The molecule has 5 nitrogen and oxygen atoms in total. The summed E-state index contributed by atoms with van der Waals surface area (Å²) in [4.78, 5) is 26.5. The van der Waals surface area contributed by atoms with Crippen molar-refractivity contribution in [3.05, 3.63) is 40.9 Å². The monoisotopic (exact) mass is 232 g/mol. The Morgan fingerprint density at radius 3 is 2.88 bits per heavy atom. The number of carboxylic acids is 1. The van der Waals surface area contributed by atoms with Gasteiger partial charge < -0.3 is 5.11 Å². The summed E-state index contributed by atoms with van der Waals surface area (Å²) in [6, 6.07) is 7.10. The van der Waals surface area contributed by atoms with Gasteiger partial charge in [-0.1, -0.05) is 12.1 Å². The van der Waals surface area contributed by atoms with E-state index in [-0.39, 0.29) is 12.0 Å². The standard InChI is InChI=1S/C12H12N2O3/c15-11(16)6-3-7-14-8-13-10-5-2-1-4-9(10)12(14)17/h1-2,4-5,8H,3,6-7H2,(H,15,16). The van der Waals surface area contributed by atoms with Crippen molar-refractivity contribution in [3.8, 4) is 0 Å². The van der Waals surface area contributed by atoms with Crippen molar-refractivity contribution in [2.24, 2.45) is 0 Å². The topological polar surface area (TPSA) is 72.2 Å². The number of rotatable bonds is 4. The largest absolute Gasteiger partial charge is 0.481 e. The van der Waals surface area contributed by atoms with Gasteiger partial charge in [-0.15, -0.1) is 0 Å². The minimum atomic E-state index is -0.855. The first kappa shape index (κ1) is 11.3. The molecule has 1 N–H and O–H groups in total. The zero-order valence-electron chi connectivity index (χ0n) is 9.17. The van der Waals surface area contributed by atoms with Crippen LogP contribution in [0, 0.1) is 0 Å². The minimum Gasteiger partial charge on any atom is -0.481 e. The number of fused-ring (bicyclic) bond motifs is 1. The second-order valence-corrected chi connectivity index (χ2v) is 3.76. The van der Waals surface area contributed by atoms with Crippen molar-refractivity contribution >= 4 is 16.9 Å². The SMILES string of the molecule is O=C(O)CCCn1cnc2ccccc2c1=O. The lowest BCUT2D eigenvalue weighted by molar-refractivity contribution is -0.137. The molecule has 0 aliphatic carbocycles. The van der Waals surface area contributed by atoms with Gasteiger partial charge in [0.15, 0.2) is 0 Å². The van der Waals surface area contributed by atoms with E-state index in [0.29, 0.717) is 23.9 Å². The first-order valence-corrected chi connectivity index (χ1v) is 5.34. The van der Waals surface area contributed by atoms with Gasteiger partial charge in [-0.3, -0.25) is 14.2 Å². The molecule has 1 aromatic carbocycles. The fourth-order valence-electron chi connectivity index (χ4n) is 1.67. The highest BCUT2D eigenvalue weighted by Gasteiger charge is 2.03. The molecule has 0 unspecified atom stereocenters. The summed E-state index contributed by atoms with van der Waals surface area (Å²) in [7, 11) is 0. The maximum atomic E-state index is 12.0. The number of hydrogen-bond acceptors (Lipinski definition) is 3. The van der Waals surface area contributed by atoms with Gasteiger partial charge in [-0.25, -0.2) is 4.98 Å². The fraction of sp³-hybridized carbons (Fsp3) is 0.250. The van der Waals surface area contributed by atoms with Crippen molar-refractivity contribution in [1.29, 1.82) is 0 Å². The van der Waals surface area contributed by atoms with E-state index in [1.807, 2.05) is 6.07 Å². The highest BCUT2D eigenvalue weighted by Crippen LogP contribution is 2.05. The molecule has 2 aromatic rings. The Morgan fingerprint density at radius 2 is 2.12 bits per heavy atom. The molecule has 0 saturated carbocycles. The van der Waals surface area contributed by atoms with Gasteiger partial charge in [0.2, 0.25) is 0 Å². The summed E-state index contributed by atoms with van der Waals surface area (Å²) in [5.41, 5.74) is 0.535. The van der Waals surface area contributed by atoms with E-state index in [9.17, 15) is 9.59 Å². The highest BCUT2D eigenvalue weighted by molar-refractivity contribution is 5.76. The number of carboxylic acid groups (broad SMARTS) is 1. The third-order valence-corrected chi connectivity index (χ3v) is 2.52. The van der Waals surface area contributed by atoms with Crippen LogP contribution in [-0.4, -0.2) is 20.6 Å². The molecule has 5 heteroatoms.